The van der Waals surface area contributed by atoms with E-state index in [-0.39, 0.29) is 11.5 Å². The lowest BCUT2D eigenvalue weighted by Crippen LogP contribution is -2.38. The fraction of sp³-hybridized carbons (Fsp3) is 0.500. The summed E-state index contributed by atoms with van der Waals surface area (Å²) in [6.07, 6.45) is 5.15. The van der Waals surface area contributed by atoms with Crippen LogP contribution in [0.15, 0.2) is 28.8 Å². The van der Waals surface area contributed by atoms with Crippen molar-refractivity contribution in [1.29, 1.82) is 0 Å². The molecule has 2 aliphatic rings. The van der Waals surface area contributed by atoms with E-state index < -0.39 is 0 Å². The SMILES string of the molecule is NC1(Cc2nc(C3COc4ccccc43)no2)CCCC1. The minimum Gasteiger partial charge on any atom is -0.492 e. The van der Waals surface area contributed by atoms with Crippen LogP contribution >= 0.6 is 0 Å². The van der Waals surface area contributed by atoms with Gasteiger partial charge in [0, 0.05) is 17.5 Å². The van der Waals surface area contributed by atoms with E-state index >= 15 is 0 Å². The summed E-state index contributed by atoms with van der Waals surface area (Å²) in [4.78, 5) is 4.56. The Morgan fingerprint density at radius 1 is 1.24 bits per heavy atom. The molecular weight excluding hydrogens is 266 g/mol. The number of aromatic nitrogens is 2. The summed E-state index contributed by atoms with van der Waals surface area (Å²) >= 11 is 0. The summed E-state index contributed by atoms with van der Waals surface area (Å²) in [5.41, 5.74) is 7.35. The standard InChI is InChI=1S/C16H19N3O2/c17-16(7-3-4-8-16)9-14-18-15(19-21-14)12-10-20-13-6-2-1-5-11(12)13/h1-2,5-6,12H,3-4,7-10,17H2. The molecule has 1 atom stereocenters. The summed E-state index contributed by atoms with van der Waals surface area (Å²) in [6.45, 7) is 0.575. The van der Waals surface area contributed by atoms with Crippen LogP contribution < -0.4 is 10.5 Å². The lowest BCUT2D eigenvalue weighted by Gasteiger charge is -2.20. The van der Waals surface area contributed by atoms with E-state index in [9.17, 15) is 0 Å². The first-order valence-electron chi connectivity index (χ1n) is 7.57. The van der Waals surface area contributed by atoms with E-state index in [1.807, 2.05) is 18.2 Å². The zero-order chi connectivity index (χ0) is 14.3. The highest BCUT2D eigenvalue weighted by atomic mass is 16.5. The van der Waals surface area contributed by atoms with Gasteiger partial charge in [-0.25, -0.2) is 0 Å². The van der Waals surface area contributed by atoms with Gasteiger partial charge < -0.3 is 15.0 Å². The Kier molecular flexibility index (Phi) is 2.96. The summed E-state index contributed by atoms with van der Waals surface area (Å²) < 4.78 is 11.1. The van der Waals surface area contributed by atoms with Crippen molar-refractivity contribution in [2.75, 3.05) is 6.61 Å². The molecule has 1 aliphatic carbocycles. The lowest BCUT2D eigenvalue weighted by atomic mass is 9.95. The van der Waals surface area contributed by atoms with Crippen LogP contribution in [0.5, 0.6) is 5.75 Å². The van der Waals surface area contributed by atoms with Crippen LogP contribution in [0.1, 0.15) is 48.9 Å². The molecule has 2 heterocycles. The number of hydrogen-bond acceptors (Lipinski definition) is 5. The lowest BCUT2D eigenvalue weighted by molar-refractivity contribution is 0.318. The van der Waals surface area contributed by atoms with Gasteiger partial charge in [-0.05, 0) is 18.9 Å². The molecule has 1 fully saturated rings. The third kappa shape index (κ3) is 2.31. The van der Waals surface area contributed by atoms with Gasteiger partial charge in [-0.15, -0.1) is 0 Å². The maximum absolute atomic E-state index is 6.38. The van der Waals surface area contributed by atoms with Gasteiger partial charge in [0.05, 0.1) is 5.92 Å². The summed E-state index contributed by atoms with van der Waals surface area (Å²) in [5.74, 6) is 2.34. The van der Waals surface area contributed by atoms with Gasteiger partial charge in [0.15, 0.2) is 5.82 Å². The highest BCUT2D eigenvalue weighted by Crippen LogP contribution is 2.37. The molecular formula is C16H19N3O2. The van der Waals surface area contributed by atoms with E-state index in [4.69, 9.17) is 15.0 Å². The van der Waals surface area contributed by atoms with E-state index in [0.717, 1.165) is 24.2 Å². The Bertz CT molecular complexity index is 646. The van der Waals surface area contributed by atoms with Gasteiger partial charge >= 0.3 is 0 Å². The predicted octanol–water partition coefficient (Wildman–Crippen LogP) is 2.41. The molecule has 1 saturated carbocycles. The second-order valence-electron chi connectivity index (χ2n) is 6.19. The molecule has 4 rings (SSSR count). The fourth-order valence-electron chi connectivity index (χ4n) is 3.41. The van der Waals surface area contributed by atoms with Crippen LogP contribution in [0.3, 0.4) is 0 Å². The Labute approximate surface area is 123 Å². The first-order valence-corrected chi connectivity index (χ1v) is 7.57. The van der Waals surface area contributed by atoms with E-state index in [1.54, 1.807) is 0 Å². The Balaban J connectivity index is 1.55. The zero-order valence-corrected chi connectivity index (χ0v) is 11.9. The van der Waals surface area contributed by atoms with E-state index in [1.165, 1.54) is 12.8 Å². The van der Waals surface area contributed by atoms with Gasteiger partial charge in [0.25, 0.3) is 0 Å². The average Bonchev–Trinajstić information content (AvgIpc) is 3.18. The monoisotopic (exact) mass is 285 g/mol. The molecule has 5 nitrogen and oxygen atoms in total. The molecule has 0 spiro atoms. The number of benzene rings is 1. The van der Waals surface area contributed by atoms with Gasteiger partial charge in [0.1, 0.15) is 12.4 Å². The predicted molar refractivity (Wildman–Crippen MR) is 77.2 cm³/mol. The molecule has 0 amide bonds. The van der Waals surface area contributed by atoms with Crippen molar-refractivity contribution in [3.8, 4) is 5.75 Å². The molecule has 110 valence electrons. The maximum Gasteiger partial charge on any atom is 0.228 e. The van der Waals surface area contributed by atoms with Crippen LogP contribution in [0.2, 0.25) is 0 Å². The average molecular weight is 285 g/mol. The van der Waals surface area contributed by atoms with E-state index in [2.05, 4.69) is 16.2 Å². The van der Waals surface area contributed by atoms with Gasteiger partial charge in [-0.3, -0.25) is 0 Å². The number of nitrogens with zero attached hydrogens (tertiary/aromatic N) is 2. The second-order valence-corrected chi connectivity index (χ2v) is 6.19. The zero-order valence-electron chi connectivity index (χ0n) is 11.9. The minimum atomic E-state index is -0.159. The second kappa shape index (κ2) is 4.84. The van der Waals surface area contributed by atoms with Crippen molar-refractivity contribution in [3.63, 3.8) is 0 Å². The van der Waals surface area contributed by atoms with Gasteiger partial charge in [-0.1, -0.05) is 36.2 Å². The molecule has 1 aliphatic heterocycles. The van der Waals surface area contributed by atoms with Crippen LogP contribution in [0.25, 0.3) is 0 Å². The van der Waals surface area contributed by atoms with Crippen molar-refractivity contribution in [2.24, 2.45) is 5.73 Å². The number of ether oxygens (including phenoxy) is 1. The third-order valence-corrected chi connectivity index (χ3v) is 4.60. The molecule has 1 unspecified atom stereocenters. The Hall–Kier alpha value is -1.88. The summed E-state index contributed by atoms with van der Waals surface area (Å²) in [5, 5.41) is 4.15. The molecule has 2 N–H and O–H groups in total. The molecule has 21 heavy (non-hydrogen) atoms. The highest BCUT2D eigenvalue weighted by Gasteiger charge is 2.33. The van der Waals surface area contributed by atoms with Gasteiger partial charge in [-0.2, -0.15) is 4.98 Å². The highest BCUT2D eigenvalue weighted by molar-refractivity contribution is 5.42. The van der Waals surface area contributed by atoms with Crippen molar-refractivity contribution in [2.45, 2.75) is 43.6 Å². The Morgan fingerprint density at radius 2 is 2.05 bits per heavy atom. The van der Waals surface area contributed by atoms with Gasteiger partial charge in [0.2, 0.25) is 5.89 Å². The molecule has 0 radical (unpaired) electrons. The van der Waals surface area contributed by atoms with Crippen molar-refractivity contribution in [1.82, 2.24) is 10.1 Å². The van der Waals surface area contributed by atoms with E-state index in [0.29, 0.717) is 24.7 Å². The quantitative estimate of drug-likeness (QED) is 0.937. The number of para-hydroxylation sites is 1. The molecule has 1 aromatic heterocycles. The number of hydrogen-bond donors (Lipinski definition) is 1. The molecule has 0 saturated heterocycles. The number of rotatable bonds is 3. The van der Waals surface area contributed by atoms with Crippen LogP contribution in [-0.2, 0) is 6.42 Å². The molecule has 5 heteroatoms. The van der Waals surface area contributed by atoms with Crippen molar-refractivity contribution in [3.05, 3.63) is 41.5 Å². The summed E-state index contributed by atoms with van der Waals surface area (Å²) in [6, 6.07) is 8.02. The molecule has 2 aromatic rings. The van der Waals surface area contributed by atoms with Crippen LogP contribution in [-0.4, -0.2) is 22.3 Å². The molecule has 0 bridgehead atoms. The first kappa shape index (κ1) is 12.8. The smallest absolute Gasteiger partial charge is 0.228 e. The minimum absolute atomic E-state index is 0.0657. The summed E-state index contributed by atoms with van der Waals surface area (Å²) in [7, 11) is 0. The number of nitrogens with two attached hydrogens (primary N) is 1. The van der Waals surface area contributed by atoms with Crippen LogP contribution in [0, 0.1) is 0 Å². The van der Waals surface area contributed by atoms with Crippen LogP contribution in [0.4, 0.5) is 0 Å². The number of fused-ring (bicyclic) bond motifs is 1. The third-order valence-electron chi connectivity index (χ3n) is 4.60. The topological polar surface area (TPSA) is 74.2 Å². The Morgan fingerprint density at radius 3 is 2.90 bits per heavy atom. The normalized spacial score (nSPS) is 23.0. The maximum atomic E-state index is 6.38. The van der Waals surface area contributed by atoms with Crippen molar-refractivity contribution >= 4 is 0 Å². The van der Waals surface area contributed by atoms with Crippen molar-refractivity contribution < 1.29 is 9.26 Å². The largest absolute Gasteiger partial charge is 0.492 e. The molecule has 1 aromatic carbocycles. The fourth-order valence-corrected chi connectivity index (χ4v) is 3.41. The first-order chi connectivity index (χ1) is 10.2.